The maximum Gasteiger partial charge on any atom is 0.261 e. The standard InChI is InChI=1S/C22H26IN3O2S.ClH/c1-4-25(5-2)13-14-26(21(27)17-9-7-8-10-18(17)23)22-24-19-12-11-16(28-6-3)15-20(19)29-22;/h7-12,15H,4-6,13-14H2,1-3H3;1H. The van der Waals surface area contributed by atoms with E-state index in [-0.39, 0.29) is 18.3 Å². The minimum absolute atomic E-state index is 0. The second-order valence-electron chi connectivity index (χ2n) is 6.52. The van der Waals surface area contributed by atoms with Crippen LogP contribution in [0.5, 0.6) is 5.75 Å². The lowest BCUT2D eigenvalue weighted by Gasteiger charge is -2.25. The first-order chi connectivity index (χ1) is 14.1. The van der Waals surface area contributed by atoms with Gasteiger partial charge in [-0.05, 0) is 72.9 Å². The van der Waals surface area contributed by atoms with Gasteiger partial charge >= 0.3 is 0 Å². The lowest BCUT2D eigenvalue weighted by molar-refractivity contribution is 0.0983. The third kappa shape index (κ3) is 5.84. The summed E-state index contributed by atoms with van der Waals surface area (Å²) in [4.78, 5) is 22.3. The van der Waals surface area contributed by atoms with Crippen LogP contribution in [-0.4, -0.2) is 48.6 Å². The molecule has 8 heteroatoms. The number of benzene rings is 2. The first-order valence-electron chi connectivity index (χ1n) is 9.89. The number of hydrogen-bond donors (Lipinski definition) is 0. The van der Waals surface area contributed by atoms with E-state index < -0.39 is 0 Å². The summed E-state index contributed by atoms with van der Waals surface area (Å²) in [7, 11) is 0. The third-order valence-electron chi connectivity index (χ3n) is 4.77. The van der Waals surface area contributed by atoms with Gasteiger partial charge in [0, 0.05) is 16.7 Å². The fourth-order valence-electron chi connectivity index (χ4n) is 3.11. The molecule has 0 bridgehead atoms. The number of ether oxygens (including phenoxy) is 1. The highest BCUT2D eigenvalue weighted by molar-refractivity contribution is 14.1. The number of halogens is 2. The van der Waals surface area contributed by atoms with Crippen LogP contribution >= 0.6 is 46.3 Å². The van der Waals surface area contributed by atoms with E-state index >= 15 is 0 Å². The smallest absolute Gasteiger partial charge is 0.261 e. The van der Waals surface area contributed by atoms with E-state index in [9.17, 15) is 4.79 Å². The highest BCUT2D eigenvalue weighted by Crippen LogP contribution is 2.32. The van der Waals surface area contributed by atoms with Crippen LogP contribution in [0, 0.1) is 3.57 Å². The van der Waals surface area contributed by atoms with Crippen molar-refractivity contribution in [3.63, 3.8) is 0 Å². The van der Waals surface area contributed by atoms with Crippen molar-refractivity contribution in [3.8, 4) is 5.75 Å². The predicted octanol–water partition coefficient (Wildman–Crippen LogP) is 5.71. The topological polar surface area (TPSA) is 45.7 Å². The molecule has 0 saturated carbocycles. The van der Waals surface area contributed by atoms with E-state index in [0.717, 1.165) is 44.3 Å². The number of anilines is 1. The van der Waals surface area contributed by atoms with E-state index in [2.05, 4.69) is 41.3 Å². The molecule has 0 unspecified atom stereocenters. The highest BCUT2D eigenvalue weighted by Gasteiger charge is 2.23. The van der Waals surface area contributed by atoms with Crippen LogP contribution in [0.25, 0.3) is 10.2 Å². The number of likely N-dealkylation sites (N-methyl/N-ethyl adjacent to an activating group) is 1. The van der Waals surface area contributed by atoms with Gasteiger partial charge in [-0.15, -0.1) is 12.4 Å². The van der Waals surface area contributed by atoms with Crippen LogP contribution in [0.2, 0.25) is 0 Å². The maximum absolute atomic E-state index is 13.4. The van der Waals surface area contributed by atoms with Crippen LogP contribution in [0.4, 0.5) is 5.13 Å². The molecule has 0 atom stereocenters. The SMILES string of the molecule is CCOc1ccc2nc(N(CCN(CC)CC)C(=O)c3ccccc3I)sc2c1.Cl. The Morgan fingerprint density at radius 2 is 1.83 bits per heavy atom. The first kappa shape index (κ1) is 24.8. The van der Waals surface area contributed by atoms with Crippen LogP contribution < -0.4 is 9.64 Å². The molecular formula is C22H27ClIN3O2S. The van der Waals surface area contributed by atoms with Crippen molar-refractivity contribution in [2.45, 2.75) is 20.8 Å². The van der Waals surface area contributed by atoms with Gasteiger partial charge in [-0.25, -0.2) is 4.98 Å². The number of thiazole rings is 1. The van der Waals surface area contributed by atoms with Crippen LogP contribution in [0.3, 0.4) is 0 Å². The van der Waals surface area contributed by atoms with Crippen molar-refractivity contribution in [2.75, 3.05) is 37.7 Å². The number of fused-ring (bicyclic) bond motifs is 1. The van der Waals surface area contributed by atoms with E-state index in [1.54, 1.807) is 0 Å². The fraction of sp³-hybridized carbons (Fsp3) is 0.364. The van der Waals surface area contributed by atoms with Gasteiger partial charge in [-0.3, -0.25) is 9.69 Å². The molecule has 0 aliphatic carbocycles. The maximum atomic E-state index is 13.4. The van der Waals surface area contributed by atoms with E-state index in [1.165, 1.54) is 11.3 Å². The number of amides is 1. The van der Waals surface area contributed by atoms with E-state index in [1.807, 2.05) is 54.3 Å². The Bertz CT molecular complexity index is 978. The molecule has 0 saturated heterocycles. The van der Waals surface area contributed by atoms with Gasteiger partial charge in [0.1, 0.15) is 5.75 Å². The Kier molecular flexibility index (Phi) is 9.80. The second-order valence-corrected chi connectivity index (χ2v) is 8.69. The van der Waals surface area contributed by atoms with Crippen molar-refractivity contribution < 1.29 is 9.53 Å². The Balaban J connectivity index is 0.00000320. The Morgan fingerprint density at radius 1 is 1.10 bits per heavy atom. The lowest BCUT2D eigenvalue weighted by atomic mass is 10.2. The molecule has 162 valence electrons. The van der Waals surface area contributed by atoms with Crippen LogP contribution in [-0.2, 0) is 0 Å². The van der Waals surface area contributed by atoms with Crippen molar-refractivity contribution in [1.82, 2.24) is 9.88 Å². The number of aromatic nitrogens is 1. The molecule has 3 rings (SSSR count). The molecule has 0 radical (unpaired) electrons. The average Bonchev–Trinajstić information content (AvgIpc) is 3.14. The first-order valence-corrected chi connectivity index (χ1v) is 11.8. The summed E-state index contributed by atoms with van der Waals surface area (Å²) in [6.45, 7) is 10.2. The zero-order valence-electron chi connectivity index (χ0n) is 17.4. The van der Waals surface area contributed by atoms with Gasteiger partial charge in [0.25, 0.3) is 5.91 Å². The lowest BCUT2D eigenvalue weighted by Crippen LogP contribution is -2.39. The molecule has 3 aromatic rings. The molecule has 0 spiro atoms. The highest BCUT2D eigenvalue weighted by atomic mass is 127. The van der Waals surface area contributed by atoms with Gasteiger partial charge in [-0.2, -0.15) is 0 Å². The summed E-state index contributed by atoms with van der Waals surface area (Å²) in [6.07, 6.45) is 0. The molecule has 1 amide bonds. The molecule has 30 heavy (non-hydrogen) atoms. The van der Waals surface area contributed by atoms with Gasteiger partial charge in [0.05, 0.1) is 22.4 Å². The monoisotopic (exact) mass is 559 g/mol. The van der Waals surface area contributed by atoms with Crippen molar-refractivity contribution >= 4 is 67.6 Å². The molecule has 1 heterocycles. The van der Waals surface area contributed by atoms with Crippen LogP contribution in [0.15, 0.2) is 42.5 Å². The van der Waals surface area contributed by atoms with Crippen molar-refractivity contribution in [2.24, 2.45) is 0 Å². The Labute approximate surface area is 202 Å². The Morgan fingerprint density at radius 3 is 2.50 bits per heavy atom. The van der Waals surface area contributed by atoms with Crippen molar-refractivity contribution in [3.05, 3.63) is 51.6 Å². The largest absolute Gasteiger partial charge is 0.494 e. The predicted molar refractivity (Wildman–Crippen MR) is 137 cm³/mol. The van der Waals surface area contributed by atoms with E-state index in [0.29, 0.717) is 18.7 Å². The molecule has 0 fully saturated rings. The number of hydrogen-bond acceptors (Lipinski definition) is 5. The summed E-state index contributed by atoms with van der Waals surface area (Å²) >= 11 is 3.76. The number of carbonyl (C=O) groups excluding carboxylic acids is 1. The average molecular weight is 560 g/mol. The number of nitrogens with zero attached hydrogens (tertiary/aromatic N) is 3. The van der Waals surface area contributed by atoms with Gasteiger partial charge in [0.2, 0.25) is 0 Å². The molecule has 5 nitrogen and oxygen atoms in total. The summed E-state index contributed by atoms with van der Waals surface area (Å²) in [5, 5.41) is 0.727. The van der Waals surface area contributed by atoms with Gasteiger partial charge < -0.3 is 9.64 Å². The second kappa shape index (κ2) is 11.8. The third-order valence-corrected chi connectivity index (χ3v) is 6.76. The van der Waals surface area contributed by atoms with Gasteiger partial charge in [0.15, 0.2) is 5.13 Å². The molecule has 0 aliphatic heterocycles. The Hall–Kier alpha value is -1.42. The normalized spacial score (nSPS) is 10.8. The summed E-state index contributed by atoms with van der Waals surface area (Å²) in [5.41, 5.74) is 1.60. The van der Waals surface area contributed by atoms with Gasteiger partial charge in [-0.1, -0.05) is 37.3 Å². The fourth-order valence-corrected chi connectivity index (χ4v) is 4.75. The summed E-state index contributed by atoms with van der Waals surface area (Å²) in [6, 6.07) is 13.6. The molecule has 2 aromatic carbocycles. The summed E-state index contributed by atoms with van der Waals surface area (Å²) in [5.74, 6) is 0.820. The molecule has 1 aromatic heterocycles. The number of carbonyl (C=O) groups is 1. The van der Waals surface area contributed by atoms with E-state index in [4.69, 9.17) is 9.72 Å². The molecule has 0 N–H and O–H groups in total. The zero-order valence-corrected chi connectivity index (χ0v) is 21.2. The summed E-state index contributed by atoms with van der Waals surface area (Å²) < 4.78 is 7.58. The molecule has 0 aliphatic rings. The minimum atomic E-state index is -0.00811. The zero-order chi connectivity index (χ0) is 20.8. The van der Waals surface area contributed by atoms with Crippen molar-refractivity contribution in [1.29, 1.82) is 0 Å². The molecular weight excluding hydrogens is 533 g/mol. The quantitative estimate of drug-likeness (QED) is 0.315. The minimum Gasteiger partial charge on any atom is -0.494 e. The number of rotatable bonds is 9. The van der Waals surface area contributed by atoms with Crippen LogP contribution in [0.1, 0.15) is 31.1 Å².